The van der Waals surface area contributed by atoms with Crippen LogP contribution in [0.3, 0.4) is 0 Å². The van der Waals surface area contributed by atoms with E-state index in [4.69, 9.17) is 10.5 Å². The number of hydrogen-bond acceptors (Lipinski definition) is 3. The summed E-state index contributed by atoms with van der Waals surface area (Å²) in [6.07, 6.45) is 0.137. The van der Waals surface area contributed by atoms with Gasteiger partial charge < -0.3 is 10.5 Å². The van der Waals surface area contributed by atoms with Gasteiger partial charge in [0.25, 0.3) is 0 Å². The molecule has 0 spiro atoms. The standard InChI is InChI=1S/C13H18F2N2O/c1-9-8-17(4-5-18-9)13(7-16)10-2-3-11(14)12(15)6-10/h2-3,6,9,13H,4-5,7-8,16H2,1H3. The maximum Gasteiger partial charge on any atom is 0.159 e. The van der Waals surface area contributed by atoms with Crippen molar-refractivity contribution in [1.29, 1.82) is 0 Å². The van der Waals surface area contributed by atoms with Crippen molar-refractivity contribution in [1.82, 2.24) is 4.90 Å². The molecule has 0 aromatic heterocycles. The van der Waals surface area contributed by atoms with Crippen LogP contribution in [-0.2, 0) is 4.74 Å². The molecular weight excluding hydrogens is 238 g/mol. The van der Waals surface area contributed by atoms with Gasteiger partial charge in [-0.2, -0.15) is 0 Å². The first-order valence-corrected chi connectivity index (χ1v) is 6.12. The summed E-state index contributed by atoms with van der Waals surface area (Å²) in [6, 6.07) is 3.88. The molecule has 0 bridgehead atoms. The summed E-state index contributed by atoms with van der Waals surface area (Å²) >= 11 is 0. The lowest BCUT2D eigenvalue weighted by Crippen LogP contribution is -2.45. The van der Waals surface area contributed by atoms with Gasteiger partial charge in [-0.05, 0) is 24.6 Å². The Morgan fingerprint density at radius 2 is 2.22 bits per heavy atom. The first kappa shape index (κ1) is 13.4. The molecule has 1 aliphatic heterocycles. The van der Waals surface area contributed by atoms with Crippen molar-refractivity contribution in [3.8, 4) is 0 Å². The predicted molar refractivity (Wildman–Crippen MR) is 65.1 cm³/mol. The first-order valence-electron chi connectivity index (χ1n) is 6.12. The Morgan fingerprint density at radius 1 is 1.44 bits per heavy atom. The summed E-state index contributed by atoms with van der Waals surface area (Å²) in [5, 5.41) is 0. The fraction of sp³-hybridized carbons (Fsp3) is 0.538. The van der Waals surface area contributed by atoms with Crippen molar-refractivity contribution in [2.24, 2.45) is 5.73 Å². The zero-order valence-corrected chi connectivity index (χ0v) is 10.4. The normalized spacial score (nSPS) is 23.0. The SMILES string of the molecule is CC1CN(C(CN)c2ccc(F)c(F)c2)CCO1. The third-order valence-electron chi connectivity index (χ3n) is 3.26. The number of nitrogens with two attached hydrogens (primary N) is 1. The van der Waals surface area contributed by atoms with Gasteiger partial charge in [-0.1, -0.05) is 6.07 Å². The van der Waals surface area contributed by atoms with Gasteiger partial charge in [0.2, 0.25) is 0 Å². The smallest absolute Gasteiger partial charge is 0.159 e. The van der Waals surface area contributed by atoms with Gasteiger partial charge in [-0.25, -0.2) is 8.78 Å². The topological polar surface area (TPSA) is 38.5 Å². The highest BCUT2D eigenvalue weighted by Gasteiger charge is 2.25. The monoisotopic (exact) mass is 256 g/mol. The lowest BCUT2D eigenvalue weighted by atomic mass is 10.0. The summed E-state index contributed by atoms with van der Waals surface area (Å²) < 4.78 is 31.7. The average Bonchev–Trinajstić information content (AvgIpc) is 2.35. The van der Waals surface area contributed by atoms with E-state index in [1.165, 1.54) is 6.07 Å². The van der Waals surface area contributed by atoms with Gasteiger partial charge in [0.1, 0.15) is 0 Å². The lowest BCUT2D eigenvalue weighted by Gasteiger charge is -2.37. The summed E-state index contributed by atoms with van der Waals surface area (Å²) in [7, 11) is 0. The van der Waals surface area contributed by atoms with E-state index in [0.717, 1.165) is 19.2 Å². The molecule has 3 nitrogen and oxygen atoms in total. The van der Waals surface area contributed by atoms with Crippen LogP contribution in [0.2, 0.25) is 0 Å². The van der Waals surface area contributed by atoms with Crippen molar-refractivity contribution in [3.05, 3.63) is 35.4 Å². The van der Waals surface area contributed by atoms with Crippen LogP contribution in [-0.4, -0.2) is 37.2 Å². The Balaban J connectivity index is 2.18. The van der Waals surface area contributed by atoms with Gasteiger partial charge in [0.05, 0.1) is 12.7 Å². The highest BCUT2D eigenvalue weighted by molar-refractivity contribution is 5.22. The zero-order valence-electron chi connectivity index (χ0n) is 10.4. The maximum atomic E-state index is 13.3. The summed E-state index contributed by atoms with van der Waals surface area (Å²) in [6.45, 7) is 4.51. The van der Waals surface area contributed by atoms with E-state index in [1.807, 2.05) is 6.92 Å². The Bertz CT molecular complexity index is 414. The molecule has 1 saturated heterocycles. The van der Waals surface area contributed by atoms with Crippen LogP contribution in [0.4, 0.5) is 8.78 Å². The number of benzene rings is 1. The molecule has 0 saturated carbocycles. The van der Waals surface area contributed by atoms with E-state index in [1.54, 1.807) is 6.07 Å². The van der Waals surface area contributed by atoms with Gasteiger partial charge in [0, 0.05) is 25.7 Å². The summed E-state index contributed by atoms with van der Waals surface area (Å²) in [5.41, 5.74) is 6.48. The third kappa shape index (κ3) is 2.85. The molecule has 2 rings (SSSR count). The molecule has 1 fully saturated rings. The van der Waals surface area contributed by atoms with Crippen LogP contribution < -0.4 is 5.73 Å². The van der Waals surface area contributed by atoms with Gasteiger partial charge in [-0.3, -0.25) is 4.90 Å². The highest BCUT2D eigenvalue weighted by Crippen LogP contribution is 2.23. The molecule has 1 heterocycles. The van der Waals surface area contributed by atoms with Crippen LogP contribution in [0.25, 0.3) is 0 Å². The predicted octanol–water partition coefficient (Wildman–Crippen LogP) is 1.69. The van der Waals surface area contributed by atoms with Crippen LogP contribution in [0.5, 0.6) is 0 Å². The molecule has 5 heteroatoms. The van der Waals surface area contributed by atoms with E-state index in [-0.39, 0.29) is 12.1 Å². The van der Waals surface area contributed by atoms with E-state index in [2.05, 4.69) is 4.90 Å². The first-order chi connectivity index (χ1) is 8.61. The molecule has 0 amide bonds. The number of ether oxygens (including phenoxy) is 1. The van der Waals surface area contributed by atoms with Crippen LogP contribution in [0.1, 0.15) is 18.5 Å². The van der Waals surface area contributed by atoms with Crippen LogP contribution in [0.15, 0.2) is 18.2 Å². The molecule has 2 atom stereocenters. The minimum atomic E-state index is -0.829. The van der Waals surface area contributed by atoms with E-state index in [0.29, 0.717) is 18.7 Å². The Morgan fingerprint density at radius 3 is 2.83 bits per heavy atom. The number of halogens is 2. The quantitative estimate of drug-likeness (QED) is 0.894. The number of nitrogens with zero attached hydrogens (tertiary/aromatic N) is 1. The van der Waals surface area contributed by atoms with Crippen molar-refractivity contribution >= 4 is 0 Å². The molecule has 2 unspecified atom stereocenters. The molecular formula is C13H18F2N2O. The largest absolute Gasteiger partial charge is 0.376 e. The maximum absolute atomic E-state index is 13.3. The fourth-order valence-corrected chi connectivity index (χ4v) is 2.34. The Labute approximate surface area is 106 Å². The van der Waals surface area contributed by atoms with Crippen molar-refractivity contribution in [3.63, 3.8) is 0 Å². The number of morpholine rings is 1. The Kier molecular flexibility index (Phi) is 4.27. The fourth-order valence-electron chi connectivity index (χ4n) is 2.34. The Hall–Kier alpha value is -1.04. The van der Waals surface area contributed by atoms with Gasteiger partial charge in [0.15, 0.2) is 11.6 Å². The van der Waals surface area contributed by atoms with Gasteiger partial charge >= 0.3 is 0 Å². The van der Waals surface area contributed by atoms with Crippen LogP contribution >= 0.6 is 0 Å². The highest BCUT2D eigenvalue weighted by atomic mass is 19.2. The second-order valence-electron chi connectivity index (χ2n) is 4.60. The second-order valence-corrected chi connectivity index (χ2v) is 4.60. The van der Waals surface area contributed by atoms with Crippen molar-refractivity contribution in [2.45, 2.75) is 19.1 Å². The number of hydrogen-bond donors (Lipinski definition) is 1. The molecule has 0 radical (unpaired) electrons. The lowest BCUT2D eigenvalue weighted by molar-refractivity contribution is -0.0333. The molecule has 18 heavy (non-hydrogen) atoms. The van der Waals surface area contributed by atoms with Gasteiger partial charge in [-0.15, -0.1) is 0 Å². The van der Waals surface area contributed by atoms with E-state index >= 15 is 0 Å². The molecule has 0 aliphatic carbocycles. The molecule has 100 valence electrons. The molecule has 1 aromatic rings. The van der Waals surface area contributed by atoms with Crippen molar-refractivity contribution < 1.29 is 13.5 Å². The number of rotatable bonds is 3. The zero-order chi connectivity index (χ0) is 13.1. The van der Waals surface area contributed by atoms with E-state index < -0.39 is 11.6 Å². The minimum absolute atomic E-state index is 0.0913. The van der Waals surface area contributed by atoms with E-state index in [9.17, 15) is 8.78 Å². The summed E-state index contributed by atoms with van der Waals surface area (Å²) in [5.74, 6) is -1.66. The average molecular weight is 256 g/mol. The minimum Gasteiger partial charge on any atom is -0.376 e. The summed E-state index contributed by atoms with van der Waals surface area (Å²) in [4.78, 5) is 2.15. The molecule has 1 aliphatic rings. The van der Waals surface area contributed by atoms with Crippen molar-refractivity contribution in [2.75, 3.05) is 26.2 Å². The molecule has 1 aromatic carbocycles. The van der Waals surface area contributed by atoms with Crippen LogP contribution in [0, 0.1) is 11.6 Å². The molecule has 2 N–H and O–H groups in total. The second kappa shape index (κ2) is 5.73. The third-order valence-corrected chi connectivity index (χ3v) is 3.26.